The fraction of sp³-hybridized carbons (Fsp3) is 0.333. The quantitative estimate of drug-likeness (QED) is 0.753. The first-order valence-corrected chi connectivity index (χ1v) is 5.01. The van der Waals surface area contributed by atoms with Gasteiger partial charge in [0.2, 0.25) is 0 Å². The first kappa shape index (κ1) is 8.44. The molecule has 0 atom stereocenters. The van der Waals surface area contributed by atoms with E-state index in [1.807, 2.05) is 6.07 Å². The van der Waals surface area contributed by atoms with Gasteiger partial charge < -0.3 is 4.98 Å². The fourth-order valence-electron chi connectivity index (χ4n) is 1.28. The molecule has 0 fully saturated rings. The highest BCUT2D eigenvalue weighted by molar-refractivity contribution is 7.18. The molecule has 13 heavy (non-hydrogen) atoms. The maximum absolute atomic E-state index is 11.4. The Morgan fingerprint density at radius 2 is 2.38 bits per heavy atom. The highest BCUT2D eigenvalue weighted by Gasteiger charge is 2.05. The minimum Gasteiger partial charge on any atom is -0.310 e. The van der Waals surface area contributed by atoms with Crippen LogP contribution in [0, 0.1) is 6.92 Å². The SMILES string of the molecule is CCc1cc2nc(C)[nH]c(=O)c2s1. The van der Waals surface area contributed by atoms with Gasteiger partial charge in [-0.25, -0.2) is 4.98 Å². The zero-order chi connectivity index (χ0) is 9.42. The van der Waals surface area contributed by atoms with Gasteiger partial charge in [0.15, 0.2) is 0 Å². The molecule has 0 unspecified atom stereocenters. The molecular formula is C9H10N2OS. The Morgan fingerprint density at radius 3 is 3.08 bits per heavy atom. The number of thiophene rings is 1. The van der Waals surface area contributed by atoms with E-state index >= 15 is 0 Å². The Labute approximate surface area is 79.4 Å². The van der Waals surface area contributed by atoms with Gasteiger partial charge in [-0.05, 0) is 19.4 Å². The summed E-state index contributed by atoms with van der Waals surface area (Å²) in [5.41, 5.74) is 0.801. The predicted octanol–water partition coefficient (Wildman–Crippen LogP) is 1.86. The molecule has 2 aromatic rings. The van der Waals surface area contributed by atoms with Crippen LogP contribution in [0.5, 0.6) is 0 Å². The van der Waals surface area contributed by atoms with Crippen LogP contribution in [0.15, 0.2) is 10.9 Å². The van der Waals surface area contributed by atoms with Crippen molar-refractivity contribution in [2.24, 2.45) is 0 Å². The Bertz CT molecular complexity index is 498. The third-order valence-corrected chi connectivity index (χ3v) is 3.17. The van der Waals surface area contributed by atoms with Crippen molar-refractivity contribution in [3.8, 4) is 0 Å². The van der Waals surface area contributed by atoms with Gasteiger partial charge in [-0.2, -0.15) is 0 Å². The van der Waals surface area contributed by atoms with Crippen molar-refractivity contribution < 1.29 is 0 Å². The van der Waals surface area contributed by atoms with E-state index in [0.29, 0.717) is 5.82 Å². The van der Waals surface area contributed by atoms with E-state index in [-0.39, 0.29) is 5.56 Å². The molecule has 0 aliphatic carbocycles. The van der Waals surface area contributed by atoms with Crippen molar-refractivity contribution in [2.45, 2.75) is 20.3 Å². The van der Waals surface area contributed by atoms with Crippen molar-refractivity contribution in [1.82, 2.24) is 9.97 Å². The van der Waals surface area contributed by atoms with Gasteiger partial charge in [0, 0.05) is 4.88 Å². The third kappa shape index (κ3) is 1.37. The maximum atomic E-state index is 11.4. The van der Waals surface area contributed by atoms with Crippen LogP contribution in [0.4, 0.5) is 0 Å². The van der Waals surface area contributed by atoms with Crippen LogP contribution in [-0.4, -0.2) is 9.97 Å². The van der Waals surface area contributed by atoms with E-state index in [1.54, 1.807) is 6.92 Å². The van der Waals surface area contributed by atoms with Crippen molar-refractivity contribution >= 4 is 21.6 Å². The summed E-state index contributed by atoms with van der Waals surface area (Å²) in [5.74, 6) is 0.679. The number of rotatable bonds is 1. The van der Waals surface area contributed by atoms with E-state index in [1.165, 1.54) is 16.2 Å². The van der Waals surface area contributed by atoms with E-state index in [2.05, 4.69) is 16.9 Å². The molecule has 2 rings (SSSR count). The minimum atomic E-state index is -0.0211. The summed E-state index contributed by atoms with van der Waals surface area (Å²) in [6, 6.07) is 1.99. The summed E-state index contributed by atoms with van der Waals surface area (Å²) in [7, 11) is 0. The minimum absolute atomic E-state index is 0.0211. The number of fused-ring (bicyclic) bond motifs is 1. The summed E-state index contributed by atoms with van der Waals surface area (Å²) in [6.45, 7) is 3.87. The molecule has 68 valence electrons. The van der Waals surface area contributed by atoms with Crippen molar-refractivity contribution in [2.75, 3.05) is 0 Å². The highest BCUT2D eigenvalue weighted by Crippen LogP contribution is 2.20. The molecule has 2 heterocycles. The molecule has 0 aliphatic heterocycles. The van der Waals surface area contributed by atoms with Crippen LogP contribution in [0.2, 0.25) is 0 Å². The number of aryl methyl sites for hydroxylation is 2. The number of hydrogen-bond donors (Lipinski definition) is 1. The first-order valence-electron chi connectivity index (χ1n) is 4.20. The van der Waals surface area contributed by atoms with Crippen molar-refractivity contribution in [3.63, 3.8) is 0 Å². The van der Waals surface area contributed by atoms with Crippen LogP contribution in [0.3, 0.4) is 0 Å². The summed E-state index contributed by atoms with van der Waals surface area (Å²) in [6.07, 6.45) is 0.958. The molecular weight excluding hydrogens is 184 g/mol. The van der Waals surface area contributed by atoms with Crippen LogP contribution < -0.4 is 5.56 Å². The lowest BCUT2D eigenvalue weighted by Gasteiger charge is -1.90. The third-order valence-electron chi connectivity index (χ3n) is 1.90. The second-order valence-electron chi connectivity index (χ2n) is 2.93. The molecule has 0 bridgehead atoms. The maximum Gasteiger partial charge on any atom is 0.268 e. The van der Waals surface area contributed by atoms with Gasteiger partial charge >= 0.3 is 0 Å². The summed E-state index contributed by atoms with van der Waals surface area (Å²) in [5, 5.41) is 0. The molecule has 0 saturated heterocycles. The van der Waals surface area contributed by atoms with Crippen LogP contribution >= 0.6 is 11.3 Å². The zero-order valence-corrected chi connectivity index (χ0v) is 8.36. The second kappa shape index (κ2) is 2.96. The Hall–Kier alpha value is -1.16. The van der Waals surface area contributed by atoms with Gasteiger partial charge in [-0.3, -0.25) is 4.79 Å². The average molecular weight is 194 g/mol. The van der Waals surface area contributed by atoms with Gasteiger partial charge in [0.25, 0.3) is 5.56 Å². The number of nitrogens with zero attached hydrogens (tertiary/aromatic N) is 1. The molecule has 0 aromatic carbocycles. The molecule has 2 aromatic heterocycles. The van der Waals surface area contributed by atoms with E-state index < -0.39 is 0 Å². The number of H-pyrrole nitrogens is 1. The Morgan fingerprint density at radius 1 is 1.62 bits per heavy atom. The van der Waals surface area contributed by atoms with Gasteiger partial charge in [-0.1, -0.05) is 6.92 Å². The topological polar surface area (TPSA) is 45.8 Å². The van der Waals surface area contributed by atoms with Crippen LogP contribution in [0.1, 0.15) is 17.6 Å². The van der Waals surface area contributed by atoms with Gasteiger partial charge in [0.1, 0.15) is 10.5 Å². The molecule has 3 nitrogen and oxygen atoms in total. The standard InChI is InChI=1S/C9H10N2OS/c1-3-6-4-7-8(13-6)9(12)11-5(2)10-7/h4H,3H2,1-2H3,(H,10,11,12). The first-order chi connectivity index (χ1) is 6.20. The molecule has 0 spiro atoms. The normalized spacial score (nSPS) is 10.9. The lowest BCUT2D eigenvalue weighted by molar-refractivity contribution is 1.06. The Balaban J connectivity index is 2.83. The number of aromatic amines is 1. The highest BCUT2D eigenvalue weighted by atomic mass is 32.1. The lowest BCUT2D eigenvalue weighted by atomic mass is 10.3. The summed E-state index contributed by atoms with van der Waals surface area (Å²) < 4.78 is 0.738. The summed E-state index contributed by atoms with van der Waals surface area (Å²) in [4.78, 5) is 19.6. The van der Waals surface area contributed by atoms with Gasteiger partial charge in [0.05, 0.1) is 5.52 Å². The lowest BCUT2D eigenvalue weighted by Crippen LogP contribution is -2.07. The van der Waals surface area contributed by atoms with Crippen LogP contribution in [-0.2, 0) is 6.42 Å². The van der Waals surface area contributed by atoms with E-state index in [0.717, 1.165) is 16.6 Å². The monoisotopic (exact) mass is 194 g/mol. The number of hydrogen-bond acceptors (Lipinski definition) is 3. The molecule has 1 N–H and O–H groups in total. The van der Waals surface area contributed by atoms with Crippen molar-refractivity contribution in [1.29, 1.82) is 0 Å². The predicted molar refractivity (Wildman–Crippen MR) is 54.4 cm³/mol. The number of aromatic nitrogens is 2. The van der Waals surface area contributed by atoms with E-state index in [9.17, 15) is 4.79 Å². The van der Waals surface area contributed by atoms with E-state index in [4.69, 9.17) is 0 Å². The van der Waals surface area contributed by atoms with Gasteiger partial charge in [-0.15, -0.1) is 11.3 Å². The molecule has 0 aliphatic rings. The zero-order valence-electron chi connectivity index (χ0n) is 7.55. The number of nitrogens with one attached hydrogen (secondary N) is 1. The second-order valence-corrected chi connectivity index (χ2v) is 4.07. The Kier molecular flexibility index (Phi) is 1.92. The largest absolute Gasteiger partial charge is 0.310 e. The molecule has 0 amide bonds. The average Bonchev–Trinajstić information content (AvgIpc) is 2.47. The fourth-order valence-corrected chi connectivity index (χ4v) is 2.21. The molecule has 4 heteroatoms. The molecule has 0 saturated carbocycles. The van der Waals surface area contributed by atoms with Crippen molar-refractivity contribution in [3.05, 3.63) is 27.1 Å². The van der Waals surface area contributed by atoms with Crippen LogP contribution in [0.25, 0.3) is 10.2 Å². The molecule has 0 radical (unpaired) electrons. The summed E-state index contributed by atoms with van der Waals surface area (Å²) >= 11 is 1.53. The smallest absolute Gasteiger partial charge is 0.268 e.